The van der Waals surface area contributed by atoms with Gasteiger partial charge in [0.25, 0.3) is 0 Å². The van der Waals surface area contributed by atoms with E-state index in [1.54, 1.807) is 12.1 Å². The van der Waals surface area contributed by atoms with Crippen molar-refractivity contribution < 1.29 is 14.6 Å². The molecule has 0 unspecified atom stereocenters. The van der Waals surface area contributed by atoms with E-state index in [4.69, 9.17) is 4.74 Å². The lowest BCUT2D eigenvalue weighted by atomic mass is 10.2. The number of benzene rings is 1. The number of para-hydroxylation sites is 1. The summed E-state index contributed by atoms with van der Waals surface area (Å²) in [6, 6.07) is 9.03. The van der Waals surface area contributed by atoms with Gasteiger partial charge in [-0.25, -0.2) is 0 Å². The largest absolute Gasteiger partial charge is 0.493 e. The molecule has 17 heavy (non-hydrogen) atoms. The first-order valence-electron chi connectivity index (χ1n) is 5.07. The van der Waals surface area contributed by atoms with Crippen LogP contribution in [0.2, 0.25) is 0 Å². The zero-order valence-electron chi connectivity index (χ0n) is 9.54. The van der Waals surface area contributed by atoms with Crippen LogP contribution in [0.25, 0.3) is 5.69 Å². The Bertz CT molecular complexity index is 546. The predicted molar refractivity (Wildman–Crippen MR) is 61.8 cm³/mol. The lowest BCUT2D eigenvalue weighted by Gasteiger charge is -2.01. The number of hydrogen-bond acceptors (Lipinski definition) is 4. The van der Waals surface area contributed by atoms with Crippen molar-refractivity contribution in [3.63, 3.8) is 0 Å². The minimum absolute atomic E-state index is 0.0938. The van der Waals surface area contributed by atoms with Crippen LogP contribution in [0.1, 0.15) is 17.3 Å². The van der Waals surface area contributed by atoms with Gasteiger partial charge in [-0.1, -0.05) is 18.2 Å². The molecule has 0 radical (unpaired) electrons. The number of Topliss-reactive ketones (excluding diaryl/α,β-unsaturated/α-hetero) is 1. The summed E-state index contributed by atoms with van der Waals surface area (Å²) in [5, 5.41) is 14.0. The Morgan fingerprint density at radius 1 is 1.35 bits per heavy atom. The van der Waals surface area contributed by atoms with E-state index < -0.39 is 0 Å². The van der Waals surface area contributed by atoms with Crippen molar-refractivity contribution in [1.29, 1.82) is 0 Å². The molecular formula is C12H12N2O3. The topological polar surface area (TPSA) is 64.3 Å². The molecule has 1 aromatic carbocycles. The molecule has 0 aliphatic heterocycles. The maximum absolute atomic E-state index is 11.4. The summed E-state index contributed by atoms with van der Waals surface area (Å²) in [4.78, 5) is 11.4. The van der Waals surface area contributed by atoms with Gasteiger partial charge >= 0.3 is 0 Å². The molecule has 1 aromatic heterocycles. The molecule has 0 bridgehead atoms. The van der Waals surface area contributed by atoms with E-state index in [-0.39, 0.29) is 23.1 Å². The summed E-state index contributed by atoms with van der Waals surface area (Å²) in [5.41, 5.74) is 0.757. The maximum atomic E-state index is 11.4. The number of aromatic nitrogens is 2. The number of methoxy groups -OCH3 is 1. The average molecular weight is 232 g/mol. The molecule has 0 spiro atoms. The van der Waals surface area contributed by atoms with E-state index in [2.05, 4.69) is 5.10 Å². The van der Waals surface area contributed by atoms with E-state index >= 15 is 0 Å². The fourth-order valence-electron chi connectivity index (χ4n) is 1.59. The minimum Gasteiger partial charge on any atom is -0.493 e. The van der Waals surface area contributed by atoms with Gasteiger partial charge in [-0.05, 0) is 19.1 Å². The van der Waals surface area contributed by atoms with Gasteiger partial charge in [0.2, 0.25) is 11.8 Å². The van der Waals surface area contributed by atoms with Crippen molar-refractivity contribution in [2.24, 2.45) is 0 Å². The highest BCUT2D eigenvalue weighted by atomic mass is 16.5. The number of carbonyl (C=O) groups is 1. The van der Waals surface area contributed by atoms with Gasteiger partial charge in [-0.15, -0.1) is 5.10 Å². The van der Waals surface area contributed by atoms with Gasteiger partial charge in [-0.2, -0.15) is 4.68 Å². The summed E-state index contributed by atoms with van der Waals surface area (Å²) >= 11 is 0. The van der Waals surface area contributed by atoms with Crippen molar-refractivity contribution in [3.05, 3.63) is 35.9 Å². The van der Waals surface area contributed by atoms with Gasteiger partial charge in [0.15, 0.2) is 5.78 Å². The molecule has 0 aliphatic carbocycles. The quantitative estimate of drug-likeness (QED) is 0.819. The summed E-state index contributed by atoms with van der Waals surface area (Å²) < 4.78 is 6.25. The van der Waals surface area contributed by atoms with Crippen molar-refractivity contribution in [1.82, 2.24) is 9.78 Å². The second kappa shape index (κ2) is 4.29. The molecular weight excluding hydrogens is 220 g/mol. The van der Waals surface area contributed by atoms with Crippen LogP contribution in [0.4, 0.5) is 0 Å². The highest BCUT2D eigenvalue weighted by Crippen LogP contribution is 2.29. The molecule has 0 amide bonds. The van der Waals surface area contributed by atoms with Crippen LogP contribution >= 0.6 is 0 Å². The van der Waals surface area contributed by atoms with E-state index in [1.807, 2.05) is 18.2 Å². The van der Waals surface area contributed by atoms with Gasteiger partial charge in [0, 0.05) is 0 Å². The van der Waals surface area contributed by atoms with Crippen LogP contribution in [0.5, 0.6) is 11.8 Å². The monoisotopic (exact) mass is 232 g/mol. The van der Waals surface area contributed by atoms with E-state index in [1.165, 1.54) is 18.7 Å². The second-order valence-electron chi connectivity index (χ2n) is 3.51. The molecule has 1 N–H and O–H groups in total. The third-order valence-corrected chi connectivity index (χ3v) is 2.38. The molecule has 5 heteroatoms. The zero-order valence-corrected chi connectivity index (χ0v) is 9.54. The first kappa shape index (κ1) is 11.2. The Morgan fingerprint density at radius 3 is 2.47 bits per heavy atom. The summed E-state index contributed by atoms with van der Waals surface area (Å²) in [6.45, 7) is 1.36. The molecule has 1 heterocycles. The van der Waals surface area contributed by atoms with Crippen molar-refractivity contribution in [3.8, 4) is 17.4 Å². The molecule has 0 fully saturated rings. The first-order valence-corrected chi connectivity index (χ1v) is 5.07. The van der Waals surface area contributed by atoms with E-state index in [0.717, 1.165) is 0 Å². The molecule has 0 aliphatic rings. The molecule has 0 saturated heterocycles. The van der Waals surface area contributed by atoms with Crippen LogP contribution in [-0.4, -0.2) is 27.8 Å². The SMILES string of the molecule is COc1nn(-c2ccccc2)c(O)c1C(C)=O. The predicted octanol–water partition coefficient (Wildman–Crippen LogP) is 1.79. The smallest absolute Gasteiger partial charge is 0.248 e. The normalized spacial score (nSPS) is 10.2. The Morgan fingerprint density at radius 2 is 2.00 bits per heavy atom. The number of rotatable bonds is 3. The number of aromatic hydroxyl groups is 1. The number of ketones is 1. The number of ether oxygens (including phenoxy) is 1. The van der Waals surface area contributed by atoms with Gasteiger partial charge in [-0.3, -0.25) is 4.79 Å². The third-order valence-electron chi connectivity index (χ3n) is 2.38. The Hall–Kier alpha value is -2.30. The van der Waals surface area contributed by atoms with Gasteiger partial charge in [0.1, 0.15) is 5.56 Å². The molecule has 2 aromatic rings. The lowest BCUT2D eigenvalue weighted by Crippen LogP contribution is -1.96. The minimum atomic E-state index is -0.290. The lowest BCUT2D eigenvalue weighted by molar-refractivity contribution is 0.101. The highest BCUT2D eigenvalue weighted by molar-refractivity contribution is 5.98. The fourth-order valence-corrected chi connectivity index (χ4v) is 1.59. The number of carbonyl (C=O) groups excluding carboxylic acids is 1. The van der Waals surface area contributed by atoms with Gasteiger partial charge < -0.3 is 9.84 Å². The highest BCUT2D eigenvalue weighted by Gasteiger charge is 2.22. The summed E-state index contributed by atoms with van der Waals surface area (Å²) in [6.07, 6.45) is 0. The molecule has 0 atom stereocenters. The second-order valence-corrected chi connectivity index (χ2v) is 3.51. The van der Waals surface area contributed by atoms with Crippen molar-refractivity contribution >= 4 is 5.78 Å². The Kier molecular flexibility index (Phi) is 2.82. The van der Waals surface area contributed by atoms with Gasteiger partial charge in [0.05, 0.1) is 12.8 Å². The van der Waals surface area contributed by atoms with Crippen LogP contribution < -0.4 is 4.74 Å². The molecule has 2 rings (SSSR count). The fraction of sp³-hybridized carbons (Fsp3) is 0.167. The maximum Gasteiger partial charge on any atom is 0.248 e. The van der Waals surface area contributed by atoms with Crippen molar-refractivity contribution in [2.75, 3.05) is 7.11 Å². The van der Waals surface area contributed by atoms with Crippen LogP contribution in [0, 0.1) is 0 Å². The summed E-state index contributed by atoms with van der Waals surface area (Å²) in [5.74, 6) is -0.374. The van der Waals surface area contributed by atoms with Crippen LogP contribution in [0.15, 0.2) is 30.3 Å². The van der Waals surface area contributed by atoms with E-state index in [9.17, 15) is 9.90 Å². The standard InChI is InChI=1S/C12H12N2O3/c1-8(15)10-11(17-2)13-14(12(10)16)9-6-4-3-5-7-9/h3-7,16H,1-2H3. The zero-order chi connectivity index (χ0) is 12.4. The van der Waals surface area contributed by atoms with Crippen molar-refractivity contribution in [2.45, 2.75) is 6.92 Å². The van der Waals surface area contributed by atoms with Crippen LogP contribution in [-0.2, 0) is 0 Å². The Balaban J connectivity index is 2.61. The number of hydrogen-bond donors (Lipinski definition) is 1. The first-order chi connectivity index (χ1) is 8.15. The molecule has 0 saturated carbocycles. The Labute approximate surface area is 98.3 Å². The molecule has 88 valence electrons. The van der Waals surface area contributed by atoms with E-state index in [0.29, 0.717) is 5.69 Å². The summed E-state index contributed by atoms with van der Waals surface area (Å²) in [7, 11) is 1.41. The number of nitrogens with zero attached hydrogens (tertiary/aromatic N) is 2. The molecule has 5 nitrogen and oxygen atoms in total. The third kappa shape index (κ3) is 1.87. The van der Waals surface area contributed by atoms with Crippen LogP contribution in [0.3, 0.4) is 0 Å². The average Bonchev–Trinajstić information content (AvgIpc) is 2.67.